The van der Waals surface area contributed by atoms with Gasteiger partial charge in [-0.05, 0) is 30.0 Å². The number of aromatic nitrogens is 4. The van der Waals surface area contributed by atoms with E-state index in [1.54, 1.807) is 11.0 Å². The molecule has 0 spiro atoms. The molecule has 0 atom stereocenters. The van der Waals surface area contributed by atoms with E-state index in [9.17, 15) is 0 Å². The van der Waals surface area contributed by atoms with Crippen LogP contribution < -0.4 is 5.32 Å². The van der Waals surface area contributed by atoms with E-state index in [1.807, 2.05) is 14.0 Å². The van der Waals surface area contributed by atoms with E-state index in [0.29, 0.717) is 0 Å². The molecule has 0 radical (unpaired) electrons. The Hall–Kier alpha value is -2.43. The van der Waals surface area contributed by atoms with Gasteiger partial charge in [-0.1, -0.05) is 32.9 Å². The molecule has 1 aromatic carbocycles. The quantitative estimate of drug-likeness (QED) is 0.783. The number of fused-ring (bicyclic) bond motifs is 1. The summed E-state index contributed by atoms with van der Waals surface area (Å²) in [5.41, 5.74) is 4.23. The minimum absolute atomic E-state index is 0.153. The van der Waals surface area contributed by atoms with Gasteiger partial charge >= 0.3 is 0 Å². The molecule has 2 aromatic heterocycles. The summed E-state index contributed by atoms with van der Waals surface area (Å²) >= 11 is 0. The summed E-state index contributed by atoms with van der Waals surface area (Å²) in [5, 5.41) is 8.75. The normalized spacial score (nSPS) is 11.9. The molecule has 2 heterocycles. The van der Waals surface area contributed by atoms with Crippen molar-refractivity contribution < 1.29 is 0 Å². The molecule has 0 amide bonds. The lowest BCUT2D eigenvalue weighted by atomic mass is 9.87. The molecule has 5 heteroatoms. The number of nitrogens with zero attached hydrogens (tertiary/aromatic N) is 4. The minimum atomic E-state index is 0.153. The molecule has 114 valence electrons. The van der Waals surface area contributed by atoms with Crippen LogP contribution in [-0.2, 0) is 12.5 Å². The highest BCUT2D eigenvalue weighted by molar-refractivity contribution is 5.90. The van der Waals surface area contributed by atoms with Crippen molar-refractivity contribution in [3.63, 3.8) is 0 Å². The Kier molecular flexibility index (Phi) is 3.35. The summed E-state index contributed by atoms with van der Waals surface area (Å²) in [6, 6.07) is 8.47. The molecule has 0 saturated carbocycles. The van der Waals surface area contributed by atoms with Crippen LogP contribution >= 0.6 is 0 Å². The topological polar surface area (TPSA) is 55.6 Å². The third-order valence-corrected chi connectivity index (χ3v) is 3.81. The fraction of sp³-hybridized carbons (Fsp3) is 0.353. The molecule has 0 aliphatic carbocycles. The minimum Gasteiger partial charge on any atom is -0.340 e. The van der Waals surface area contributed by atoms with E-state index in [0.717, 1.165) is 28.2 Å². The van der Waals surface area contributed by atoms with Crippen molar-refractivity contribution in [2.45, 2.75) is 33.1 Å². The Morgan fingerprint density at radius 2 is 1.73 bits per heavy atom. The molecule has 3 aromatic rings. The van der Waals surface area contributed by atoms with E-state index < -0.39 is 0 Å². The second kappa shape index (κ2) is 5.09. The van der Waals surface area contributed by atoms with Crippen LogP contribution in [0.25, 0.3) is 11.0 Å². The second-order valence-corrected chi connectivity index (χ2v) is 6.58. The zero-order chi connectivity index (χ0) is 15.9. The third-order valence-electron chi connectivity index (χ3n) is 3.81. The van der Waals surface area contributed by atoms with Crippen LogP contribution in [0.3, 0.4) is 0 Å². The highest BCUT2D eigenvalue weighted by Gasteiger charge is 2.14. The van der Waals surface area contributed by atoms with E-state index in [4.69, 9.17) is 0 Å². The summed E-state index contributed by atoms with van der Waals surface area (Å²) in [4.78, 5) is 8.67. The molecule has 0 aliphatic rings. The number of anilines is 2. The van der Waals surface area contributed by atoms with Crippen molar-refractivity contribution in [3.05, 3.63) is 41.9 Å². The standard InChI is InChI=1S/C17H21N5/c1-11-14-15(18-10-19-16(14)22(5)21-11)20-13-8-6-12(7-9-13)17(2,3)4/h6-10H,1-5H3,(H,18,19,20). The van der Waals surface area contributed by atoms with Gasteiger partial charge in [-0.2, -0.15) is 5.10 Å². The third kappa shape index (κ3) is 2.54. The number of aryl methyl sites for hydroxylation is 2. The first-order chi connectivity index (χ1) is 10.4. The van der Waals surface area contributed by atoms with Crippen molar-refractivity contribution in [1.82, 2.24) is 19.7 Å². The van der Waals surface area contributed by atoms with Crippen molar-refractivity contribution in [1.29, 1.82) is 0 Å². The maximum absolute atomic E-state index is 4.41. The number of benzene rings is 1. The molecule has 0 bridgehead atoms. The van der Waals surface area contributed by atoms with Crippen molar-refractivity contribution in [2.75, 3.05) is 5.32 Å². The van der Waals surface area contributed by atoms with Gasteiger partial charge in [-0.25, -0.2) is 9.97 Å². The Bertz CT molecular complexity index is 809. The molecule has 0 aliphatic heterocycles. The first-order valence-electron chi connectivity index (χ1n) is 7.38. The fourth-order valence-electron chi connectivity index (χ4n) is 2.56. The van der Waals surface area contributed by atoms with Gasteiger partial charge in [0, 0.05) is 12.7 Å². The number of hydrogen-bond donors (Lipinski definition) is 1. The highest BCUT2D eigenvalue weighted by atomic mass is 15.3. The van der Waals surface area contributed by atoms with Crippen LogP contribution in [-0.4, -0.2) is 19.7 Å². The molecule has 5 nitrogen and oxygen atoms in total. The predicted molar refractivity (Wildman–Crippen MR) is 89.5 cm³/mol. The van der Waals surface area contributed by atoms with Gasteiger partial charge in [-0.3, -0.25) is 4.68 Å². The zero-order valence-electron chi connectivity index (χ0n) is 13.7. The molecule has 0 fully saturated rings. The molecule has 3 rings (SSSR count). The summed E-state index contributed by atoms with van der Waals surface area (Å²) in [6.07, 6.45) is 1.56. The molecule has 0 unspecified atom stereocenters. The summed E-state index contributed by atoms with van der Waals surface area (Å²) < 4.78 is 1.78. The van der Waals surface area contributed by atoms with Crippen LogP contribution in [0.4, 0.5) is 11.5 Å². The van der Waals surface area contributed by atoms with Gasteiger partial charge in [0.2, 0.25) is 0 Å². The van der Waals surface area contributed by atoms with Gasteiger partial charge in [-0.15, -0.1) is 0 Å². The van der Waals surface area contributed by atoms with Crippen molar-refractivity contribution >= 4 is 22.5 Å². The summed E-state index contributed by atoms with van der Waals surface area (Å²) in [5.74, 6) is 0.791. The molecular weight excluding hydrogens is 274 g/mol. The van der Waals surface area contributed by atoms with E-state index in [-0.39, 0.29) is 5.41 Å². The first kappa shape index (κ1) is 14.5. The Balaban J connectivity index is 1.97. The van der Waals surface area contributed by atoms with Crippen LogP contribution in [0.2, 0.25) is 0 Å². The van der Waals surface area contributed by atoms with Crippen molar-refractivity contribution in [2.24, 2.45) is 7.05 Å². The number of hydrogen-bond acceptors (Lipinski definition) is 4. The lowest BCUT2D eigenvalue weighted by molar-refractivity contribution is 0.590. The van der Waals surface area contributed by atoms with Crippen LogP contribution in [0.1, 0.15) is 32.0 Å². The van der Waals surface area contributed by atoms with Crippen LogP contribution in [0.5, 0.6) is 0 Å². The molecule has 0 saturated heterocycles. The Morgan fingerprint density at radius 1 is 1.05 bits per heavy atom. The molecule has 1 N–H and O–H groups in total. The van der Waals surface area contributed by atoms with Gasteiger partial charge in [0.05, 0.1) is 11.1 Å². The maximum atomic E-state index is 4.41. The van der Waals surface area contributed by atoms with Gasteiger partial charge < -0.3 is 5.32 Å². The Labute approximate surface area is 130 Å². The average Bonchev–Trinajstić information content (AvgIpc) is 2.75. The SMILES string of the molecule is Cc1nn(C)c2ncnc(Nc3ccc(C(C)(C)C)cc3)c12. The summed E-state index contributed by atoms with van der Waals surface area (Å²) in [7, 11) is 1.89. The first-order valence-corrected chi connectivity index (χ1v) is 7.38. The molecule has 22 heavy (non-hydrogen) atoms. The number of rotatable bonds is 2. The van der Waals surface area contributed by atoms with Gasteiger partial charge in [0.15, 0.2) is 5.65 Å². The highest BCUT2D eigenvalue weighted by Crippen LogP contribution is 2.27. The lowest BCUT2D eigenvalue weighted by Crippen LogP contribution is -2.10. The largest absolute Gasteiger partial charge is 0.340 e. The second-order valence-electron chi connectivity index (χ2n) is 6.58. The zero-order valence-corrected chi connectivity index (χ0v) is 13.7. The monoisotopic (exact) mass is 295 g/mol. The van der Waals surface area contributed by atoms with Gasteiger partial charge in [0.1, 0.15) is 12.1 Å². The Morgan fingerprint density at radius 3 is 2.36 bits per heavy atom. The van der Waals surface area contributed by atoms with Crippen molar-refractivity contribution in [3.8, 4) is 0 Å². The lowest BCUT2D eigenvalue weighted by Gasteiger charge is -2.19. The van der Waals surface area contributed by atoms with Crippen LogP contribution in [0, 0.1) is 6.92 Å². The van der Waals surface area contributed by atoms with Crippen LogP contribution in [0.15, 0.2) is 30.6 Å². The van der Waals surface area contributed by atoms with Gasteiger partial charge in [0.25, 0.3) is 0 Å². The van der Waals surface area contributed by atoms with E-state index in [1.165, 1.54) is 5.56 Å². The average molecular weight is 295 g/mol. The number of nitrogens with one attached hydrogen (secondary N) is 1. The smallest absolute Gasteiger partial charge is 0.163 e. The fourth-order valence-corrected chi connectivity index (χ4v) is 2.56. The predicted octanol–water partition coefficient (Wildman–Crippen LogP) is 3.71. The maximum Gasteiger partial charge on any atom is 0.163 e. The van der Waals surface area contributed by atoms with E-state index >= 15 is 0 Å². The summed E-state index contributed by atoms with van der Waals surface area (Å²) in [6.45, 7) is 8.60. The molecular formula is C17H21N5. The van der Waals surface area contributed by atoms with E-state index in [2.05, 4.69) is 65.4 Å².